The lowest BCUT2D eigenvalue weighted by Gasteiger charge is -2.32. The summed E-state index contributed by atoms with van der Waals surface area (Å²) < 4.78 is 5.19. The van der Waals surface area contributed by atoms with Crippen molar-refractivity contribution in [3.05, 3.63) is 23.2 Å². The summed E-state index contributed by atoms with van der Waals surface area (Å²) in [5.41, 5.74) is -0.520. The van der Waals surface area contributed by atoms with Crippen LogP contribution in [0.25, 0.3) is 0 Å². The zero-order valence-electron chi connectivity index (χ0n) is 8.52. The van der Waals surface area contributed by atoms with Crippen molar-refractivity contribution in [2.45, 2.75) is 18.3 Å². The molecule has 0 amide bonds. The second-order valence-electron chi connectivity index (χ2n) is 3.71. The molecular weight excluding hydrogens is 232 g/mol. The maximum absolute atomic E-state index is 11.4. The van der Waals surface area contributed by atoms with Crippen molar-refractivity contribution in [1.29, 1.82) is 0 Å². The van der Waals surface area contributed by atoms with Gasteiger partial charge in [0.1, 0.15) is 5.41 Å². The van der Waals surface area contributed by atoms with Crippen LogP contribution in [0.3, 0.4) is 0 Å². The third kappa shape index (κ3) is 1.88. The van der Waals surface area contributed by atoms with Gasteiger partial charge in [-0.15, -0.1) is 0 Å². The van der Waals surface area contributed by atoms with Crippen LogP contribution in [-0.2, 0) is 14.9 Å². The van der Waals surface area contributed by atoms with Crippen molar-refractivity contribution in [3.63, 3.8) is 0 Å². The highest BCUT2D eigenvalue weighted by molar-refractivity contribution is 6.28. The number of carboxylic acids is 1. The maximum atomic E-state index is 11.4. The third-order valence-electron chi connectivity index (χ3n) is 2.87. The molecule has 1 N–H and O–H groups in total. The highest BCUT2D eigenvalue weighted by atomic mass is 35.5. The van der Waals surface area contributed by atoms with Crippen molar-refractivity contribution in [2.24, 2.45) is 0 Å². The standard InChI is InChI=1S/C10H11ClN2O3/c11-9-12-4-1-7(13-9)10(8(14)15)2-5-16-6-3-10/h1,4H,2-3,5-6H2,(H,14,15). The van der Waals surface area contributed by atoms with Crippen LogP contribution in [0.1, 0.15) is 18.5 Å². The minimum Gasteiger partial charge on any atom is -0.481 e. The van der Waals surface area contributed by atoms with E-state index in [9.17, 15) is 9.90 Å². The van der Waals surface area contributed by atoms with Crippen LogP contribution >= 0.6 is 11.6 Å². The van der Waals surface area contributed by atoms with Crippen LogP contribution in [0, 0.1) is 0 Å². The van der Waals surface area contributed by atoms with Crippen LogP contribution in [0.5, 0.6) is 0 Å². The number of ether oxygens (including phenoxy) is 1. The molecule has 1 aliphatic rings. The van der Waals surface area contributed by atoms with E-state index in [-0.39, 0.29) is 5.28 Å². The smallest absolute Gasteiger partial charge is 0.315 e. The molecule has 0 aromatic carbocycles. The minimum atomic E-state index is -0.981. The molecule has 2 heterocycles. The number of hydrogen-bond donors (Lipinski definition) is 1. The average molecular weight is 243 g/mol. The second-order valence-corrected chi connectivity index (χ2v) is 4.05. The lowest BCUT2D eigenvalue weighted by atomic mass is 9.77. The Morgan fingerprint density at radius 2 is 2.19 bits per heavy atom. The van der Waals surface area contributed by atoms with Gasteiger partial charge in [-0.2, -0.15) is 0 Å². The van der Waals surface area contributed by atoms with E-state index in [1.165, 1.54) is 6.20 Å². The molecular formula is C10H11ClN2O3. The molecule has 1 saturated heterocycles. The van der Waals surface area contributed by atoms with Crippen LogP contribution in [0.4, 0.5) is 0 Å². The van der Waals surface area contributed by atoms with Crippen molar-refractivity contribution in [1.82, 2.24) is 9.97 Å². The predicted octanol–water partition coefficient (Wildman–Crippen LogP) is 1.26. The Hall–Kier alpha value is -1.20. The van der Waals surface area contributed by atoms with Gasteiger partial charge >= 0.3 is 5.97 Å². The molecule has 0 unspecified atom stereocenters. The number of carbonyl (C=O) groups is 1. The Morgan fingerprint density at radius 3 is 2.75 bits per heavy atom. The number of nitrogens with zero attached hydrogens (tertiary/aromatic N) is 2. The molecule has 1 aromatic rings. The normalized spacial score (nSPS) is 19.3. The molecule has 0 atom stereocenters. The quantitative estimate of drug-likeness (QED) is 0.791. The highest BCUT2D eigenvalue weighted by Gasteiger charge is 2.43. The van der Waals surface area contributed by atoms with Gasteiger partial charge in [0.2, 0.25) is 5.28 Å². The molecule has 0 spiro atoms. The van der Waals surface area contributed by atoms with Crippen molar-refractivity contribution in [3.8, 4) is 0 Å². The van der Waals surface area contributed by atoms with E-state index in [0.717, 1.165) is 0 Å². The molecule has 6 heteroatoms. The van der Waals surface area contributed by atoms with Gasteiger partial charge in [-0.1, -0.05) is 0 Å². The lowest BCUT2D eigenvalue weighted by Crippen LogP contribution is -2.42. The summed E-state index contributed by atoms with van der Waals surface area (Å²) in [6, 6.07) is 1.60. The summed E-state index contributed by atoms with van der Waals surface area (Å²) in [6.07, 6.45) is 2.30. The summed E-state index contributed by atoms with van der Waals surface area (Å²) >= 11 is 5.68. The Kier molecular flexibility index (Phi) is 3.07. The van der Waals surface area contributed by atoms with Crippen molar-refractivity contribution in [2.75, 3.05) is 13.2 Å². The third-order valence-corrected chi connectivity index (χ3v) is 3.05. The first-order valence-corrected chi connectivity index (χ1v) is 5.33. The zero-order chi connectivity index (χ0) is 11.6. The second kappa shape index (κ2) is 4.35. The van der Waals surface area contributed by atoms with Gasteiger partial charge in [-0.05, 0) is 30.5 Å². The van der Waals surface area contributed by atoms with Gasteiger partial charge in [0, 0.05) is 19.4 Å². The van der Waals surface area contributed by atoms with E-state index in [0.29, 0.717) is 31.7 Å². The van der Waals surface area contributed by atoms with Gasteiger partial charge in [0.05, 0.1) is 5.69 Å². The van der Waals surface area contributed by atoms with E-state index in [2.05, 4.69) is 9.97 Å². The van der Waals surface area contributed by atoms with E-state index in [4.69, 9.17) is 16.3 Å². The Labute approximate surface area is 97.4 Å². The Balaban J connectivity index is 2.42. The average Bonchev–Trinajstić information content (AvgIpc) is 2.30. The fourth-order valence-electron chi connectivity index (χ4n) is 1.90. The molecule has 5 nitrogen and oxygen atoms in total. The van der Waals surface area contributed by atoms with Crippen molar-refractivity contribution < 1.29 is 14.6 Å². The number of rotatable bonds is 2. The maximum Gasteiger partial charge on any atom is 0.315 e. The summed E-state index contributed by atoms with van der Waals surface area (Å²) in [6.45, 7) is 0.849. The van der Waals surface area contributed by atoms with Crippen LogP contribution in [0.2, 0.25) is 5.28 Å². The largest absolute Gasteiger partial charge is 0.481 e. The minimum absolute atomic E-state index is 0.0737. The Bertz CT molecular complexity index is 405. The molecule has 2 rings (SSSR count). The van der Waals surface area contributed by atoms with E-state index >= 15 is 0 Å². The summed E-state index contributed by atoms with van der Waals surface area (Å²) in [4.78, 5) is 19.2. The van der Waals surface area contributed by atoms with E-state index < -0.39 is 11.4 Å². The first kappa shape index (κ1) is 11.3. The SMILES string of the molecule is O=C(O)C1(c2ccnc(Cl)n2)CCOCC1. The lowest BCUT2D eigenvalue weighted by molar-refractivity contribution is -0.148. The monoisotopic (exact) mass is 242 g/mol. The molecule has 86 valence electrons. The number of hydrogen-bond acceptors (Lipinski definition) is 4. The number of carboxylic acid groups (broad SMARTS) is 1. The molecule has 16 heavy (non-hydrogen) atoms. The first-order chi connectivity index (χ1) is 7.65. The molecule has 0 bridgehead atoms. The van der Waals surface area contributed by atoms with E-state index in [1.807, 2.05) is 0 Å². The molecule has 0 aliphatic carbocycles. The summed E-state index contributed by atoms with van der Waals surface area (Å²) in [7, 11) is 0. The van der Waals surface area contributed by atoms with Gasteiger partial charge < -0.3 is 9.84 Å². The molecule has 1 aliphatic heterocycles. The first-order valence-electron chi connectivity index (χ1n) is 4.95. The number of aromatic nitrogens is 2. The van der Waals surface area contributed by atoms with E-state index in [1.54, 1.807) is 6.07 Å². The highest BCUT2D eigenvalue weighted by Crippen LogP contribution is 2.34. The molecule has 0 saturated carbocycles. The molecule has 0 radical (unpaired) electrons. The molecule has 1 aromatic heterocycles. The zero-order valence-corrected chi connectivity index (χ0v) is 9.28. The van der Waals surface area contributed by atoms with Gasteiger partial charge in [0.25, 0.3) is 0 Å². The van der Waals surface area contributed by atoms with Gasteiger partial charge in [-0.3, -0.25) is 4.79 Å². The summed E-state index contributed by atoms with van der Waals surface area (Å²) in [5, 5.41) is 9.45. The number of aliphatic carboxylic acids is 1. The van der Waals surface area contributed by atoms with Crippen LogP contribution < -0.4 is 0 Å². The molecule has 1 fully saturated rings. The van der Waals surface area contributed by atoms with Crippen LogP contribution in [0.15, 0.2) is 12.3 Å². The van der Waals surface area contributed by atoms with Gasteiger partial charge in [-0.25, -0.2) is 9.97 Å². The Morgan fingerprint density at radius 1 is 1.50 bits per heavy atom. The van der Waals surface area contributed by atoms with Gasteiger partial charge in [0.15, 0.2) is 0 Å². The topological polar surface area (TPSA) is 72.3 Å². The summed E-state index contributed by atoms with van der Waals surface area (Å²) in [5.74, 6) is -0.884. The predicted molar refractivity (Wildman–Crippen MR) is 56.4 cm³/mol. The van der Waals surface area contributed by atoms with Crippen LogP contribution in [-0.4, -0.2) is 34.3 Å². The fourth-order valence-corrected chi connectivity index (χ4v) is 2.05. The number of halogens is 1. The fraction of sp³-hybridized carbons (Fsp3) is 0.500. The van der Waals surface area contributed by atoms with Crippen molar-refractivity contribution >= 4 is 17.6 Å².